The van der Waals surface area contributed by atoms with Gasteiger partial charge in [0.1, 0.15) is 12.4 Å². The molecule has 0 fully saturated rings. The smallest absolute Gasteiger partial charge is 0.328 e. The molecule has 0 unspecified atom stereocenters. The van der Waals surface area contributed by atoms with Crippen LogP contribution in [0.15, 0.2) is 24.3 Å². The fraction of sp³-hybridized carbons (Fsp3) is 0.231. The highest BCUT2D eigenvalue weighted by Crippen LogP contribution is 2.24. The van der Waals surface area contributed by atoms with Crippen molar-refractivity contribution in [3.8, 4) is 5.75 Å². The molecular weight excluding hydrogens is 234 g/mol. The SMILES string of the molecule is Cc1cc(C(N)=O)cc(C)c1OC/C=C/C(=O)O. The van der Waals surface area contributed by atoms with E-state index in [2.05, 4.69) is 0 Å². The quantitative estimate of drug-likeness (QED) is 0.772. The number of aryl methyl sites for hydroxylation is 2. The first kappa shape index (κ1) is 13.8. The Bertz CT molecular complexity index is 483. The first-order valence-electron chi connectivity index (χ1n) is 5.35. The molecule has 0 atom stereocenters. The molecule has 0 saturated carbocycles. The van der Waals surface area contributed by atoms with Gasteiger partial charge in [0.15, 0.2) is 0 Å². The van der Waals surface area contributed by atoms with E-state index in [0.29, 0.717) is 11.3 Å². The van der Waals surface area contributed by atoms with E-state index in [1.165, 1.54) is 6.08 Å². The van der Waals surface area contributed by atoms with Crippen molar-refractivity contribution in [2.45, 2.75) is 13.8 Å². The molecule has 0 saturated heterocycles. The number of carboxylic acids is 1. The summed E-state index contributed by atoms with van der Waals surface area (Å²) in [6, 6.07) is 3.29. The molecule has 0 aliphatic carbocycles. The summed E-state index contributed by atoms with van der Waals surface area (Å²) in [4.78, 5) is 21.3. The number of ether oxygens (including phenoxy) is 1. The van der Waals surface area contributed by atoms with Crippen molar-refractivity contribution >= 4 is 11.9 Å². The fourth-order valence-corrected chi connectivity index (χ4v) is 1.60. The van der Waals surface area contributed by atoms with E-state index in [0.717, 1.165) is 17.2 Å². The Kier molecular flexibility index (Phi) is 4.48. The standard InChI is InChI=1S/C13H15NO4/c1-8-6-10(13(14)17)7-9(2)12(8)18-5-3-4-11(15)16/h3-4,6-7H,5H2,1-2H3,(H2,14,17)(H,15,16)/b4-3+. The minimum atomic E-state index is -1.02. The van der Waals surface area contributed by atoms with Crippen LogP contribution in [0.4, 0.5) is 0 Å². The molecule has 5 nitrogen and oxygen atoms in total. The van der Waals surface area contributed by atoms with Crippen LogP contribution in [0.3, 0.4) is 0 Å². The van der Waals surface area contributed by atoms with Gasteiger partial charge in [-0.25, -0.2) is 4.79 Å². The van der Waals surface area contributed by atoms with E-state index < -0.39 is 11.9 Å². The maximum atomic E-state index is 11.1. The summed E-state index contributed by atoms with van der Waals surface area (Å²) in [5.74, 6) is -0.871. The zero-order valence-electron chi connectivity index (χ0n) is 10.3. The zero-order chi connectivity index (χ0) is 13.7. The molecule has 1 rings (SSSR count). The van der Waals surface area contributed by atoms with Crippen molar-refractivity contribution in [1.82, 2.24) is 0 Å². The van der Waals surface area contributed by atoms with Gasteiger partial charge in [0.05, 0.1) is 0 Å². The minimum Gasteiger partial charge on any atom is -0.489 e. The lowest BCUT2D eigenvalue weighted by molar-refractivity contribution is -0.131. The molecule has 3 N–H and O–H groups in total. The third-order valence-electron chi connectivity index (χ3n) is 2.33. The second-order valence-electron chi connectivity index (χ2n) is 3.86. The predicted molar refractivity (Wildman–Crippen MR) is 66.7 cm³/mol. The molecule has 18 heavy (non-hydrogen) atoms. The Hall–Kier alpha value is -2.30. The summed E-state index contributed by atoms with van der Waals surface area (Å²) in [5, 5.41) is 8.42. The normalized spacial score (nSPS) is 10.6. The van der Waals surface area contributed by atoms with Gasteiger partial charge >= 0.3 is 5.97 Å². The Morgan fingerprint density at radius 3 is 2.33 bits per heavy atom. The van der Waals surface area contributed by atoms with Crippen LogP contribution in [0.5, 0.6) is 5.75 Å². The van der Waals surface area contributed by atoms with Gasteiger partial charge in [0.25, 0.3) is 0 Å². The van der Waals surface area contributed by atoms with Crippen LogP contribution in [0, 0.1) is 13.8 Å². The van der Waals surface area contributed by atoms with Crippen LogP contribution in [0.1, 0.15) is 21.5 Å². The lowest BCUT2D eigenvalue weighted by Crippen LogP contribution is -2.12. The van der Waals surface area contributed by atoms with E-state index in [9.17, 15) is 9.59 Å². The largest absolute Gasteiger partial charge is 0.489 e. The van der Waals surface area contributed by atoms with Crippen molar-refractivity contribution in [2.24, 2.45) is 5.73 Å². The van der Waals surface area contributed by atoms with E-state index in [1.54, 1.807) is 26.0 Å². The summed E-state index contributed by atoms with van der Waals surface area (Å²) in [5.41, 5.74) is 7.20. The second kappa shape index (κ2) is 5.86. The lowest BCUT2D eigenvalue weighted by atomic mass is 10.1. The van der Waals surface area contributed by atoms with Crippen LogP contribution in [-0.4, -0.2) is 23.6 Å². The Balaban J connectivity index is 2.84. The number of amides is 1. The van der Waals surface area contributed by atoms with E-state index in [4.69, 9.17) is 15.6 Å². The number of hydrogen-bond acceptors (Lipinski definition) is 3. The lowest BCUT2D eigenvalue weighted by Gasteiger charge is -2.11. The molecule has 0 spiro atoms. The number of benzene rings is 1. The number of rotatable bonds is 5. The Labute approximate surface area is 105 Å². The first-order valence-corrected chi connectivity index (χ1v) is 5.35. The van der Waals surface area contributed by atoms with Gasteiger partial charge in [-0.05, 0) is 43.2 Å². The van der Waals surface area contributed by atoms with E-state index >= 15 is 0 Å². The maximum Gasteiger partial charge on any atom is 0.328 e. The Morgan fingerprint density at radius 1 is 1.33 bits per heavy atom. The molecule has 0 bridgehead atoms. The Morgan fingerprint density at radius 2 is 1.89 bits per heavy atom. The van der Waals surface area contributed by atoms with Gasteiger partial charge in [-0.1, -0.05) is 0 Å². The highest BCUT2D eigenvalue weighted by Gasteiger charge is 2.08. The molecule has 0 radical (unpaired) electrons. The topological polar surface area (TPSA) is 89.6 Å². The summed E-state index contributed by atoms with van der Waals surface area (Å²) >= 11 is 0. The number of hydrogen-bond donors (Lipinski definition) is 2. The highest BCUT2D eigenvalue weighted by atomic mass is 16.5. The molecular formula is C13H15NO4. The summed E-state index contributed by atoms with van der Waals surface area (Å²) < 4.78 is 5.45. The monoisotopic (exact) mass is 249 g/mol. The van der Waals surface area contributed by atoms with Crippen molar-refractivity contribution in [1.29, 1.82) is 0 Å². The second-order valence-corrected chi connectivity index (χ2v) is 3.86. The number of carboxylic acid groups (broad SMARTS) is 1. The molecule has 1 amide bonds. The van der Waals surface area contributed by atoms with E-state index in [1.807, 2.05) is 0 Å². The van der Waals surface area contributed by atoms with Crippen molar-refractivity contribution in [3.63, 3.8) is 0 Å². The fourth-order valence-electron chi connectivity index (χ4n) is 1.60. The number of nitrogens with two attached hydrogens (primary N) is 1. The number of aliphatic carboxylic acids is 1. The number of primary amides is 1. The average molecular weight is 249 g/mol. The molecule has 1 aromatic rings. The predicted octanol–water partition coefficient (Wildman–Crippen LogP) is 1.42. The molecule has 0 aliphatic heterocycles. The molecule has 5 heteroatoms. The molecule has 0 aliphatic rings. The van der Waals surface area contributed by atoms with Crippen LogP contribution in [-0.2, 0) is 4.79 Å². The number of carbonyl (C=O) groups excluding carboxylic acids is 1. The van der Waals surface area contributed by atoms with Crippen molar-refractivity contribution < 1.29 is 19.4 Å². The number of carbonyl (C=O) groups is 2. The molecule has 0 heterocycles. The van der Waals surface area contributed by atoms with Gasteiger partial charge in [0.2, 0.25) is 5.91 Å². The third-order valence-corrected chi connectivity index (χ3v) is 2.33. The van der Waals surface area contributed by atoms with Crippen LogP contribution in [0.2, 0.25) is 0 Å². The van der Waals surface area contributed by atoms with Gasteiger partial charge in [-0.15, -0.1) is 0 Å². The average Bonchev–Trinajstić information content (AvgIpc) is 2.26. The van der Waals surface area contributed by atoms with Crippen LogP contribution < -0.4 is 10.5 Å². The van der Waals surface area contributed by atoms with Gasteiger partial charge in [-0.2, -0.15) is 0 Å². The summed E-state index contributed by atoms with van der Waals surface area (Å²) in [7, 11) is 0. The van der Waals surface area contributed by atoms with Crippen molar-refractivity contribution in [2.75, 3.05) is 6.61 Å². The summed E-state index contributed by atoms with van der Waals surface area (Å²) in [6.07, 6.45) is 2.42. The molecule has 0 aromatic heterocycles. The van der Waals surface area contributed by atoms with Gasteiger partial charge in [0, 0.05) is 11.6 Å². The third kappa shape index (κ3) is 3.62. The molecule has 96 valence electrons. The van der Waals surface area contributed by atoms with E-state index in [-0.39, 0.29) is 6.61 Å². The summed E-state index contributed by atoms with van der Waals surface area (Å²) in [6.45, 7) is 3.76. The van der Waals surface area contributed by atoms with Crippen LogP contribution >= 0.6 is 0 Å². The zero-order valence-corrected chi connectivity index (χ0v) is 10.3. The van der Waals surface area contributed by atoms with Crippen molar-refractivity contribution in [3.05, 3.63) is 41.0 Å². The van der Waals surface area contributed by atoms with Gasteiger partial charge in [-0.3, -0.25) is 4.79 Å². The molecule has 1 aromatic carbocycles. The first-order chi connectivity index (χ1) is 8.41. The highest BCUT2D eigenvalue weighted by molar-refractivity contribution is 5.93. The maximum absolute atomic E-state index is 11.1. The van der Waals surface area contributed by atoms with Crippen LogP contribution in [0.25, 0.3) is 0 Å². The minimum absolute atomic E-state index is 0.157. The van der Waals surface area contributed by atoms with Gasteiger partial charge < -0.3 is 15.6 Å².